The number of pyridine rings is 4. The lowest BCUT2D eigenvalue weighted by atomic mass is 10.2. The van der Waals surface area contributed by atoms with Crippen LogP contribution in [0.5, 0.6) is 0 Å². The van der Waals surface area contributed by atoms with E-state index < -0.39 is 0 Å². The Hall–Kier alpha value is -3.40. The van der Waals surface area contributed by atoms with E-state index >= 15 is 0 Å². The summed E-state index contributed by atoms with van der Waals surface area (Å²) in [6, 6.07) is 23.4. The highest BCUT2D eigenvalue weighted by atomic mass is 14.7. The standard InChI is InChI=1S/C11H10N2.C10H8N2/c1-3-7-12-10(5-1)9-11-6-2-4-8-13-11;1-3-7-11-9(5-1)10-6-2-4-8-12-10/h1-8H,9H2;1-8H. The van der Waals surface area contributed by atoms with Crippen molar-refractivity contribution < 1.29 is 0 Å². The molecule has 0 amide bonds. The highest BCUT2D eigenvalue weighted by molar-refractivity contribution is 5.52. The van der Waals surface area contributed by atoms with Gasteiger partial charge in [-0.3, -0.25) is 19.9 Å². The van der Waals surface area contributed by atoms with Gasteiger partial charge in [0.25, 0.3) is 0 Å². The van der Waals surface area contributed by atoms with Gasteiger partial charge in [0.2, 0.25) is 0 Å². The Bertz CT molecular complexity index is 776. The molecule has 0 unspecified atom stereocenters. The van der Waals surface area contributed by atoms with E-state index in [2.05, 4.69) is 19.9 Å². The van der Waals surface area contributed by atoms with Crippen molar-refractivity contribution in [3.05, 3.63) is 109 Å². The Morgan fingerprint density at radius 1 is 0.440 bits per heavy atom. The van der Waals surface area contributed by atoms with Crippen molar-refractivity contribution >= 4 is 0 Å². The topological polar surface area (TPSA) is 51.6 Å². The maximum Gasteiger partial charge on any atom is 0.0886 e. The van der Waals surface area contributed by atoms with Crippen molar-refractivity contribution in [2.75, 3.05) is 0 Å². The molecule has 4 aromatic heterocycles. The zero-order valence-corrected chi connectivity index (χ0v) is 13.7. The Labute approximate surface area is 147 Å². The molecule has 0 saturated carbocycles. The lowest BCUT2D eigenvalue weighted by Crippen LogP contribution is -1.92. The molecular weight excluding hydrogens is 308 g/mol. The minimum Gasteiger partial charge on any atom is -0.261 e. The molecule has 0 atom stereocenters. The molecule has 4 aromatic rings. The summed E-state index contributed by atoms with van der Waals surface area (Å²) >= 11 is 0. The molecule has 25 heavy (non-hydrogen) atoms. The second-order valence-corrected chi connectivity index (χ2v) is 5.25. The van der Waals surface area contributed by atoms with Crippen molar-refractivity contribution in [1.82, 2.24) is 19.9 Å². The van der Waals surface area contributed by atoms with Gasteiger partial charge in [0, 0.05) is 42.6 Å². The molecule has 4 rings (SSSR count). The van der Waals surface area contributed by atoms with Crippen LogP contribution in [0, 0.1) is 0 Å². The smallest absolute Gasteiger partial charge is 0.0886 e. The van der Waals surface area contributed by atoms with Crippen molar-refractivity contribution in [3.63, 3.8) is 0 Å². The van der Waals surface area contributed by atoms with Crippen LogP contribution in [0.4, 0.5) is 0 Å². The van der Waals surface area contributed by atoms with Gasteiger partial charge in [0.05, 0.1) is 11.4 Å². The van der Waals surface area contributed by atoms with E-state index in [-0.39, 0.29) is 0 Å². The predicted molar refractivity (Wildman–Crippen MR) is 98.7 cm³/mol. The second kappa shape index (κ2) is 9.03. The molecule has 0 radical (unpaired) electrons. The fourth-order valence-electron chi connectivity index (χ4n) is 2.22. The molecule has 0 aliphatic rings. The molecule has 0 aliphatic carbocycles. The molecule has 0 aromatic carbocycles. The average Bonchev–Trinajstić information content (AvgIpc) is 2.71. The van der Waals surface area contributed by atoms with E-state index in [4.69, 9.17) is 0 Å². The average molecular weight is 326 g/mol. The summed E-state index contributed by atoms with van der Waals surface area (Å²) in [4.78, 5) is 16.8. The molecule has 0 spiro atoms. The number of rotatable bonds is 3. The summed E-state index contributed by atoms with van der Waals surface area (Å²) in [5, 5.41) is 0. The van der Waals surface area contributed by atoms with E-state index in [1.54, 1.807) is 24.8 Å². The van der Waals surface area contributed by atoms with Crippen LogP contribution in [0.1, 0.15) is 11.4 Å². The lowest BCUT2D eigenvalue weighted by Gasteiger charge is -1.98. The minimum atomic E-state index is 0.807. The first-order valence-electron chi connectivity index (χ1n) is 8.04. The maximum atomic E-state index is 4.23. The summed E-state index contributed by atoms with van der Waals surface area (Å²) in [6.45, 7) is 0. The van der Waals surface area contributed by atoms with Gasteiger partial charge in [-0.2, -0.15) is 0 Å². The number of aromatic nitrogens is 4. The highest BCUT2D eigenvalue weighted by Crippen LogP contribution is 2.10. The van der Waals surface area contributed by atoms with Crippen LogP contribution in [0.15, 0.2) is 97.6 Å². The van der Waals surface area contributed by atoms with E-state index in [0.717, 1.165) is 29.2 Å². The first-order chi connectivity index (χ1) is 12.4. The quantitative estimate of drug-likeness (QED) is 0.566. The fraction of sp³-hybridized carbons (Fsp3) is 0.0476. The third-order valence-corrected chi connectivity index (χ3v) is 3.41. The van der Waals surface area contributed by atoms with Crippen molar-refractivity contribution in [1.29, 1.82) is 0 Å². The summed E-state index contributed by atoms with van der Waals surface area (Å²) in [7, 11) is 0. The van der Waals surface area contributed by atoms with Crippen LogP contribution in [0.2, 0.25) is 0 Å². The highest BCUT2D eigenvalue weighted by Gasteiger charge is 1.96. The monoisotopic (exact) mass is 326 g/mol. The van der Waals surface area contributed by atoms with Gasteiger partial charge in [-0.25, -0.2) is 0 Å². The van der Waals surface area contributed by atoms with Crippen LogP contribution in [0.25, 0.3) is 11.4 Å². The largest absolute Gasteiger partial charge is 0.261 e. The van der Waals surface area contributed by atoms with Crippen LogP contribution in [-0.4, -0.2) is 19.9 Å². The predicted octanol–water partition coefficient (Wildman–Crippen LogP) is 4.21. The minimum absolute atomic E-state index is 0.807. The fourth-order valence-corrected chi connectivity index (χ4v) is 2.22. The normalized spacial score (nSPS) is 9.76. The van der Waals surface area contributed by atoms with Gasteiger partial charge in [-0.1, -0.05) is 24.3 Å². The third kappa shape index (κ3) is 5.32. The molecule has 0 saturated heterocycles. The Kier molecular flexibility index (Phi) is 5.95. The van der Waals surface area contributed by atoms with Crippen LogP contribution >= 0.6 is 0 Å². The second-order valence-electron chi connectivity index (χ2n) is 5.25. The molecule has 4 nitrogen and oxygen atoms in total. The molecule has 122 valence electrons. The first kappa shape index (κ1) is 16.5. The van der Waals surface area contributed by atoms with E-state index in [0.29, 0.717) is 0 Å². The number of hydrogen-bond donors (Lipinski definition) is 0. The van der Waals surface area contributed by atoms with Gasteiger partial charge in [-0.05, 0) is 48.5 Å². The van der Waals surface area contributed by atoms with Crippen molar-refractivity contribution in [2.45, 2.75) is 6.42 Å². The lowest BCUT2D eigenvalue weighted by molar-refractivity contribution is 1.01. The summed E-state index contributed by atoms with van der Waals surface area (Å²) in [6.07, 6.45) is 7.95. The van der Waals surface area contributed by atoms with Gasteiger partial charge in [0.15, 0.2) is 0 Å². The molecule has 0 bridgehead atoms. The van der Waals surface area contributed by atoms with E-state index in [9.17, 15) is 0 Å². The van der Waals surface area contributed by atoms with Crippen molar-refractivity contribution in [2.24, 2.45) is 0 Å². The number of nitrogens with zero attached hydrogens (tertiary/aromatic N) is 4. The molecule has 4 heterocycles. The summed E-state index contributed by atoms with van der Waals surface area (Å²) < 4.78 is 0. The molecule has 0 N–H and O–H groups in total. The summed E-state index contributed by atoms with van der Waals surface area (Å²) in [5.41, 5.74) is 3.94. The van der Waals surface area contributed by atoms with Gasteiger partial charge in [0.1, 0.15) is 0 Å². The zero-order chi connectivity index (χ0) is 17.2. The summed E-state index contributed by atoms with van der Waals surface area (Å²) in [5.74, 6) is 0. The van der Waals surface area contributed by atoms with Crippen molar-refractivity contribution in [3.8, 4) is 11.4 Å². The Balaban J connectivity index is 0.000000146. The van der Waals surface area contributed by atoms with E-state index in [1.807, 2.05) is 72.8 Å². The Morgan fingerprint density at radius 3 is 1.16 bits per heavy atom. The van der Waals surface area contributed by atoms with E-state index in [1.165, 1.54) is 0 Å². The van der Waals surface area contributed by atoms with Gasteiger partial charge in [-0.15, -0.1) is 0 Å². The van der Waals surface area contributed by atoms with Gasteiger partial charge >= 0.3 is 0 Å². The maximum absolute atomic E-state index is 4.23. The molecule has 0 aliphatic heterocycles. The molecule has 4 heteroatoms. The SMILES string of the molecule is c1ccc(-c2ccccn2)nc1.c1ccc(Cc2ccccn2)nc1. The molecule has 0 fully saturated rings. The third-order valence-electron chi connectivity index (χ3n) is 3.41. The number of hydrogen-bond acceptors (Lipinski definition) is 4. The van der Waals surface area contributed by atoms with Crippen LogP contribution in [-0.2, 0) is 6.42 Å². The Morgan fingerprint density at radius 2 is 0.840 bits per heavy atom. The van der Waals surface area contributed by atoms with Gasteiger partial charge < -0.3 is 0 Å². The zero-order valence-electron chi connectivity index (χ0n) is 13.7. The molecular formula is C21H18N4. The van der Waals surface area contributed by atoms with Crippen LogP contribution < -0.4 is 0 Å². The van der Waals surface area contributed by atoms with Crippen LogP contribution in [0.3, 0.4) is 0 Å². The first-order valence-corrected chi connectivity index (χ1v) is 8.04.